The van der Waals surface area contributed by atoms with Gasteiger partial charge in [-0.1, -0.05) is 33.3 Å². The topological polar surface area (TPSA) is 67.9 Å². The summed E-state index contributed by atoms with van der Waals surface area (Å²) < 4.78 is 10.8. The highest BCUT2D eigenvalue weighted by atomic mass is 16.7. The monoisotopic (exact) mass is 346 g/mol. The average molecular weight is 346 g/mol. The summed E-state index contributed by atoms with van der Waals surface area (Å²) in [6.07, 6.45) is 3.73. The molecule has 1 aromatic rings. The van der Waals surface area contributed by atoms with Crippen LogP contribution in [0.25, 0.3) is 0 Å². The lowest BCUT2D eigenvalue weighted by atomic mass is 9.79. The van der Waals surface area contributed by atoms with Gasteiger partial charge in [-0.15, -0.1) is 0 Å². The van der Waals surface area contributed by atoms with Crippen LogP contribution in [0.4, 0.5) is 4.79 Å². The van der Waals surface area contributed by atoms with Gasteiger partial charge in [0.15, 0.2) is 11.5 Å². The quantitative estimate of drug-likeness (QED) is 0.797. The van der Waals surface area contributed by atoms with E-state index < -0.39 is 0 Å². The number of imide groups is 1. The van der Waals surface area contributed by atoms with Gasteiger partial charge < -0.3 is 14.8 Å². The van der Waals surface area contributed by atoms with Crippen LogP contribution >= 0.6 is 0 Å². The molecule has 0 radical (unpaired) electrons. The van der Waals surface area contributed by atoms with Gasteiger partial charge in [0.2, 0.25) is 12.7 Å². The van der Waals surface area contributed by atoms with Gasteiger partial charge in [-0.25, -0.2) is 4.79 Å². The second kappa shape index (κ2) is 6.94. The fourth-order valence-corrected chi connectivity index (χ4v) is 3.71. The lowest BCUT2D eigenvalue weighted by Gasteiger charge is -2.50. The van der Waals surface area contributed by atoms with Crippen LogP contribution in [0.2, 0.25) is 0 Å². The van der Waals surface area contributed by atoms with Crippen LogP contribution in [-0.4, -0.2) is 29.2 Å². The van der Waals surface area contributed by atoms with Crippen molar-refractivity contribution in [2.75, 3.05) is 6.79 Å². The van der Waals surface area contributed by atoms with E-state index in [-0.39, 0.29) is 30.3 Å². The van der Waals surface area contributed by atoms with Crippen molar-refractivity contribution in [3.05, 3.63) is 23.8 Å². The fourth-order valence-electron chi connectivity index (χ4n) is 3.71. The average Bonchev–Trinajstić information content (AvgIpc) is 3.06. The Morgan fingerprint density at radius 3 is 2.60 bits per heavy atom. The molecule has 2 aliphatic rings. The van der Waals surface area contributed by atoms with Gasteiger partial charge >= 0.3 is 6.03 Å². The number of urea groups is 1. The van der Waals surface area contributed by atoms with Gasteiger partial charge in [-0.05, 0) is 37.0 Å². The molecule has 3 amide bonds. The first-order chi connectivity index (χ1) is 12.0. The van der Waals surface area contributed by atoms with E-state index in [1.54, 1.807) is 0 Å². The molecule has 1 saturated heterocycles. The van der Waals surface area contributed by atoms with E-state index in [0.717, 1.165) is 37.0 Å². The van der Waals surface area contributed by atoms with E-state index >= 15 is 0 Å². The zero-order valence-corrected chi connectivity index (χ0v) is 15.1. The molecule has 1 fully saturated rings. The highest BCUT2D eigenvalue weighted by molar-refractivity contribution is 6.01. The first kappa shape index (κ1) is 17.6. The number of nitrogens with one attached hydrogen (secondary N) is 1. The molecular formula is C19H26N2O4. The minimum absolute atomic E-state index is 0.0952. The zero-order chi connectivity index (χ0) is 18.0. The molecule has 2 aliphatic heterocycles. The lowest BCUT2D eigenvalue weighted by molar-refractivity contribution is -0.150. The number of amides is 3. The summed E-state index contributed by atoms with van der Waals surface area (Å²) in [4.78, 5) is 26.3. The molecule has 1 N–H and O–H groups in total. The smallest absolute Gasteiger partial charge is 0.325 e. The van der Waals surface area contributed by atoms with E-state index in [1.807, 2.05) is 32.0 Å². The van der Waals surface area contributed by atoms with Crippen LogP contribution < -0.4 is 14.8 Å². The summed E-state index contributed by atoms with van der Waals surface area (Å²) in [7, 11) is 0. The number of carbonyl (C=O) groups excluding carboxylic acids is 2. The summed E-state index contributed by atoms with van der Waals surface area (Å²) in [6, 6.07) is 5.26. The van der Waals surface area contributed by atoms with Crippen LogP contribution in [0.15, 0.2) is 18.2 Å². The summed E-state index contributed by atoms with van der Waals surface area (Å²) in [6.45, 7) is 6.35. The second-order valence-electron chi connectivity index (χ2n) is 6.74. The van der Waals surface area contributed by atoms with Crippen LogP contribution in [-0.2, 0) is 4.79 Å². The predicted molar refractivity (Wildman–Crippen MR) is 93.5 cm³/mol. The number of carbonyl (C=O) groups is 2. The van der Waals surface area contributed by atoms with Gasteiger partial charge in [0.25, 0.3) is 0 Å². The van der Waals surface area contributed by atoms with E-state index in [2.05, 4.69) is 12.2 Å². The maximum atomic E-state index is 12.8. The molecule has 6 heteroatoms. The number of likely N-dealkylation sites (tertiary alicyclic amines) is 1. The predicted octanol–water partition coefficient (Wildman–Crippen LogP) is 3.76. The summed E-state index contributed by atoms with van der Waals surface area (Å²) in [5.41, 5.74) is 0.637. The van der Waals surface area contributed by atoms with Crippen molar-refractivity contribution < 1.29 is 19.1 Å². The molecule has 0 aliphatic carbocycles. The van der Waals surface area contributed by atoms with E-state index in [9.17, 15) is 9.59 Å². The third kappa shape index (κ3) is 3.05. The largest absolute Gasteiger partial charge is 0.454 e. The Hall–Kier alpha value is -2.24. The number of β-lactam (4-membered cyclic amide) rings is 1. The standard InChI is InChI=1S/C19H26N2O4/c1-4-7-14(13-8-9-15-16(10-13)25-12-24-15)20-18(23)21-17(22)11-19(21,5-2)6-3/h8-10,14H,4-7,11-12H2,1-3H3,(H,20,23)/t14-/m1/s1. The Kier molecular flexibility index (Phi) is 4.88. The fraction of sp³-hybridized carbons (Fsp3) is 0.579. The van der Waals surface area contributed by atoms with Crippen LogP contribution in [0.5, 0.6) is 11.5 Å². The number of nitrogens with zero attached hydrogens (tertiary/aromatic N) is 1. The molecular weight excluding hydrogens is 320 g/mol. The minimum Gasteiger partial charge on any atom is -0.454 e. The number of fused-ring (bicyclic) bond motifs is 1. The Bertz CT molecular complexity index is 669. The van der Waals surface area contributed by atoms with E-state index in [1.165, 1.54) is 4.90 Å². The number of hydrogen-bond donors (Lipinski definition) is 1. The maximum absolute atomic E-state index is 12.8. The van der Waals surface area contributed by atoms with Crippen LogP contribution in [0.1, 0.15) is 64.5 Å². The molecule has 0 bridgehead atoms. The Morgan fingerprint density at radius 1 is 1.24 bits per heavy atom. The van der Waals surface area contributed by atoms with Crippen molar-refractivity contribution in [3.63, 3.8) is 0 Å². The van der Waals surface area contributed by atoms with Gasteiger partial charge in [-0.2, -0.15) is 0 Å². The highest BCUT2D eigenvalue weighted by Gasteiger charge is 2.52. The Balaban J connectivity index is 1.78. The molecule has 3 rings (SSSR count). The summed E-state index contributed by atoms with van der Waals surface area (Å²) in [5.74, 6) is 1.32. The molecule has 25 heavy (non-hydrogen) atoms. The normalized spacial score (nSPS) is 18.7. The van der Waals surface area contributed by atoms with Gasteiger partial charge in [0, 0.05) is 0 Å². The molecule has 0 unspecified atom stereocenters. The molecule has 0 aromatic heterocycles. The van der Waals surface area contributed by atoms with Crippen LogP contribution in [0, 0.1) is 0 Å². The van der Waals surface area contributed by atoms with Crippen molar-refractivity contribution in [2.45, 2.75) is 64.5 Å². The van der Waals surface area contributed by atoms with E-state index in [0.29, 0.717) is 12.2 Å². The molecule has 0 saturated carbocycles. The van der Waals surface area contributed by atoms with Gasteiger partial charge in [0.1, 0.15) is 0 Å². The minimum atomic E-state index is -0.327. The van der Waals surface area contributed by atoms with Crippen molar-refractivity contribution in [2.24, 2.45) is 0 Å². The molecule has 2 heterocycles. The summed E-state index contributed by atoms with van der Waals surface area (Å²) >= 11 is 0. The van der Waals surface area contributed by atoms with Crippen LogP contribution in [0.3, 0.4) is 0 Å². The third-order valence-electron chi connectivity index (χ3n) is 5.40. The maximum Gasteiger partial charge on any atom is 0.325 e. The van der Waals surface area contributed by atoms with Crippen molar-refractivity contribution in [1.82, 2.24) is 10.2 Å². The summed E-state index contributed by atoms with van der Waals surface area (Å²) in [5, 5.41) is 3.05. The number of rotatable bonds is 6. The van der Waals surface area contributed by atoms with Gasteiger partial charge in [-0.3, -0.25) is 9.69 Å². The number of benzene rings is 1. The van der Waals surface area contributed by atoms with Crippen molar-refractivity contribution >= 4 is 11.9 Å². The zero-order valence-electron chi connectivity index (χ0n) is 15.1. The van der Waals surface area contributed by atoms with Crippen molar-refractivity contribution in [3.8, 4) is 11.5 Å². The highest BCUT2D eigenvalue weighted by Crippen LogP contribution is 2.39. The van der Waals surface area contributed by atoms with Crippen molar-refractivity contribution in [1.29, 1.82) is 0 Å². The SMILES string of the molecule is CCC[C@@H](NC(=O)N1C(=O)CC1(CC)CC)c1ccc2c(c1)OCO2. The molecule has 136 valence electrons. The first-order valence-corrected chi connectivity index (χ1v) is 9.07. The lowest BCUT2D eigenvalue weighted by Crippen LogP contribution is -2.67. The molecule has 1 aromatic carbocycles. The van der Waals surface area contributed by atoms with E-state index in [4.69, 9.17) is 9.47 Å². The number of ether oxygens (including phenoxy) is 2. The Morgan fingerprint density at radius 2 is 1.96 bits per heavy atom. The number of hydrogen-bond acceptors (Lipinski definition) is 4. The molecule has 0 spiro atoms. The Labute approximate surface area is 148 Å². The van der Waals surface area contributed by atoms with Gasteiger partial charge in [0.05, 0.1) is 18.0 Å². The second-order valence-corrected chi connectivity index (χ2v) is 6.74. The first-order valence-electron chi connectivity index (χ1n) is 9.07. The molecule has 1 atom stereocenters. The molecule has 6 nitrogen and oxygen atoms in total. The third-order valence-corrected chi connectivity index (χ3v) is 5.40.